The van der Waals surface area contributed by atoms with Crippen LogP contribution >= 0.6 is 0 Å². The second-order valence-corrected chi connectivity index (χ2v) is 10.5. The van der Waals surface area contributed by atoms with E-state index in [1.54, 1.807) is 17.0 Å². The third kappa shape index (κ3) is 5.32. The molecule has 12 heteroatoms. The van der Waals surface area contributed by atoms with Gasteiger partial charge in [-0.15, -0.1) is 0 Å². The van der Waals surface area contributed by atoms with Crippen LogP contribution in [0.15, 0.2) is 30.3 Å². The molecular formula is C29H32F3N3O6. The number of anilines is 1. The van der Waals surface area contributed by atoms with Crippen molar-refractivity contribution in [2.45, 2.75) is 70.2 Å². The summed E-state index contributed by atoms with van der Waals surface area (Å²) in [6.07, 6.45) is 1.48. The van der Waals surface area contributed by atoms with Crippen molar-refractivity contribution in [1.29, 1.82) is 0 Å². The Kier molecular flexibility index (Phi) is 8.12. The molecule has 1 unspecified atom stereocenters. The Balaban J connectivity index is 1.71. The predicted molar refractivity (Wildman–Crippen MR) is 143 cm³/mol. The Morgan fingerprint density at radius 3 is 2.59 bits per heavy atom. The number of methoxy groups -OCH3 is 2. The van der Waals surface area contributed by atoms with Gasteiger partial charge in [0.05, 0.1) is 36.9 Å². The summed E-state index contributed by atoms with van der Waals surface area (Å²) in [5, 5.41) is 11.6. The van der Waals surface area contributed by atoms with E-state index in [2.05, 4.69) is 4.74 Å². The molecule has 1 aromatic heterocycles. The maximum Gasteiger partial charge on any atom is 0.414 e. The van der Waals surface area contributed by atoms with Crippen LogP contribution < -0.4 is 9.64 Å². The van der Waals surface area contributed by atoms with Gasteiger partial charge in [-0.3, -0.25) is 9.69 Å². The number of imidazole rings is 1. The van der Waals surface area contributed by atoms with E-state index in [1.807, 2.05) is 11.5 Å². The monoisotopic (exact) mass is 575 g/mol. The summed E-state index contributed by atoms with van der Waals surface area (Å²) in [6, 6.07) is 6.12. The lowest BCUT2D eigenvalue weighted by atomic mass is 9.85. The van der Waals surface area contributed by atoms with E-state index in [9.17, 15) is 27.9 Å². The Bertz CT molecular complexity index is 1460. The molecule has 1 N–H and O–H groups in total. The van der Waals surface area contributed by atoms with E-state index in [0.717, 1.165) is 23.8 Å². The summed E-state index contributed by atoms with van der Waals surface area (Å²) in [5.41, 5.74) is 2.34. The first-order valence-corrected chi connectivity index (χ1v) is 13.6. The number of benzene rings is 2. The maximum absolute atomic E-state index is 14.3. The lowest BCUT2D eigenvalue weighted by Crippen LogP contribution is -2.42. The van der Waals surface area contributed by atoms with Gasteiger partial charge in [-0.25, -0.2) is 14.2 Å². The molecule has 3 aromatic rings. The number of carbonyl (C=O) groups is 2. The van der Waals surface area contributed by atoms with E-state index in [4.69, 9.17) is 14.5 Å². The van der Waals surface area contributed by atoms with Crippen molar-refractivity contribution in [3.8, 4) is 5.75 Å². The van der Waals surface area contributed by atoms with Gasteiger partial charge >= 0.3 is 18.7 Å². The van der Waals surface area contributed by atoms with Crippen LogP contribution in [-0.4, -0.2) is 53.6 Å². The number of nitrogens with zero attached hydrogens (tertiary/aromatic N) is 3. The summed E-state index contributed by atoms with van der Waals surface area (Å²) in [6.45, 7) is -1.27. The smallest absolute Gasteiger partial charge is 0.414 e. The summed E-state index contributed by atoms with van der Waals surface area (Å²) in [4.78, 5) is 31.5. The fraction of sp³-hybridized carbons (Fsp3) is 0.483. The Morgan fingerprint density at radius 1 is 1.10 bits per heavy atom. The number of esters is 1. The molecule has 2 aromatic carbocycles. The van der Waals surface area contributed by atoms with Crippen LogP contribution in [-0.2, 0) is 20.7 Å². The highest BCUT2D eigenvalue weighted by Crippen LogP contribution is 2.43. The average Bonchev–Trinajstić information content (AvgIpc) is 3.36. The van der Waals surface area contributed by atoms with Crippen molar-refractivity contribution in [2.75, 3.05) is 19.1 Å². The van der Waals surface area contributed by atoms with E-state index < -0.39 is 24.6 Å². The molecule has 5 rings (SSSR count). The zero-order chi connectivity index (χ0) is 29.4. The molecule has 0 radical (unpaired) electrons. The van der Waals surface area contributed by atoms with E-state index in [0.29, 0.717) is 55.2 Å². The minimum atomic E-state index is -3.19. The van der Waals surface area contributed by atoms with Crippen LogP contribution in [0.1, 0.15) is 68.1 Å². The van der Waals surface area contributed by atoms with E-state index in [-0.39, 0.29) is 41.1 Å². The summed E-state index contributed by atoms with van der Waals surface area (Å²) < 4.78 is 57.2. The van der Waals surface area contributed by atoms with Crippen LogP contribution in [0.5, 0.6) is 5.75 Å². The third-order valence-corrected chi connectivity index (χ3v) is 8.13. The van der Waals surface area contributed by atoms with Gasteiger partial charge in [0.15, 0.2) is 0 Å². The second kappa shape index (κ2) is 11.6. The van der Waals surface area contributed by atoms with Crippen molar-refractivity contribution in [2.24, 2.45) is 5.92 Å². The highest BCUT2D eigenvalue weighted by molar-refractivity contribution is 5.95. The Labute approximate surface area is 234 Å². The Hall–Kier alpha value is -3.80. The molecule has 220 valence electrons. The first-order chi connectivity index (χ1) is 19.6. The van der Waals surface area contributed by atoms with Crippen molar-refractivity contribution in [1.82, 2.24) is 9.55 Å². The minimum absolute atomic E-state index is 0.0943. The number of halogens is 3. The molecular weight excluding hydrogens is 543 g/mol. The molecule has 0 spiro atoms. The number of hydrogen-bond donors (Lipinski definition) is 1. The highest BCUT2D eigenvalue weighted by Gasteiger charge is 2.36. The number of rotatable bonds is 6. The van der Waals surface area contributed by atoms with Gasteiger partial charge in [0.25, 0.3) is 0 Å². The zero-order valence-corrected chi connectivity index (χ0v) is 23.0. The molecule has 1 aliphatic carbocycles. The SMILES string of the molecule is COC(=O)[C@@H]1CCC[C@@H](n2c(C(O)c3cc(F)ccc3OC(F)F)nc3c4c(ccc32)N(C(=O)OC)[C@@H](C)CC4)C1. The third-order valence-electron chi connectivity index (χ3n) is 8.13. The van der Waals surface area contributed by atoms with E-state index >= 15 is 0 Å². The van der Waals surface area contributed by atoms with Crippen LogP contribution in [0.2, 0.25) is 0 Å². The number of hydrogen-bond acceptors (Lipinski definition) is 7. The first kappa shape index (κ1) is 28.7. The molecule has 0 saturated heterocycles. The van der Waals surface area contributed by atoms with Crippen LogP contribution in [0, 0.1) is 11.7 Å². The van der Waals surface area contributed by atoms with Crippen molar-refractivity contribution >= 4 is 28.8 Å². The van der Waals surface area contributed by atoms with Crippen LogP contribution in [0.3, 0.4) is 0 Å². The summed E-state index contributed by atoms with van der Waals surface area (Å²) in [5.74, 6) is -1.74. The van der Waals surface area contributed by atoms with Gasteiger partial charge in [0.2, 0.25) is 0 Å². The number of aliphatic hydroxyl groups is 1. The maximum atomic E-state index is 14.3. The molecule has 9 nitrogen and oxygen atoms in total. The van der Waals surface area contributed by atoms with Gasteiger partial charge in [0.1, 0.15) is 23.5 Å². The number of aliphatic hydroxyl groups excluding tert-OH is 1. The number of fused-ring (bicyclic) bond motifs is 3. The van der Waals surface area contributed by atoms with E-state index in [1.165, 1.54) is 14.2 Å². The number of aromatic nitrogens is 2. The number of aryl methyl sites for hydroxylation is 1. The average molecular weight is 576 g/mol. The number of ether oxygens (including phenoxy) is 3. The summed E-state index contributed by atoms with van der Waals surface area (Å²) in [7, 11) is 2.65. The fourth-order valence-electron chi connectivity index (χ4n) is 6.22. The molecule has 0 bridgehead atoms. The second-order valence-electron chi connectivity index (χ2n) is 10.5. The Morgan fingerprint density at radius 2 is 1.88 bits per heavy atom. The van der Waals surface area contributed by atoms with Gasteiger partial charge in [-0.2, -0.15) is 8.78 Å². The van der Waals surface area contributed by atoms with Crippen LogP contribution in [0.4, 0.5) is 23.7 Å². The molecule has 2 heterocycles. The molecule has 1 fully saturated rings. The zero-order valence-electron chi connectivity index (χ0n) is 23.0. The minimum Gasteiger partial charge on any atom is -0.469 e. The van der Waals surface area contributed by atoms with Gasteiger partial charge in [0, 0.05) is 23.2 Å². The molecule has 1 saturated carbocycles. The van der Waals surface area contributed by atoms with Crippen molar-refractivity contribution in [3.63, 3.8) is 0 Å². The van der Waals surface area contributed by atoms with Gasteiger partial charge in [-0.1, -0.05) is 6.42 Å². The lowest BCUT2D eigenvalue weighted by Gasteiger charge is -2.34. The predicted octanol–water partition coefficient (Wildman–Crippen LogP) is 5.67. The van der Waals surface area contributed by atoms with Gasteiger partial charge < -0.3 is 23.9 Å². The topological polar surface area (TPSA) is 103 Å². The van der Waals surface area contributed by atoms with Crippen molar-refractivity contribution in [3.05, 3.63) is 53.1 Å². The molecule has 4 atom stereocenters. The van der Waals surface area contributed by atoms with Gasteiger partial charge in [-0.05, 0) is 69.4 Å². The number of carbonyl (C=O) groups excluding carboxylic acids is 2. The molecule has 1 aliphatic heterocycles. The largest absolute Gasteiger partial charge is 0.469 e. The lowest BCUT2D eigenvalue weighted by molar-refractivity contribution is -0.147. The summed E-state index contributed by atoms with van der Waals surface area (Å²) >= 11 is 0. The first-order valence-electron chi connectivity index (χ1n) is 13.6. The standard InChI is InChI=1S/C29H32F3N3O6/c1-15-7-9-19-21(34(15)29(38)40-3)10-11-22-24(19)33-26(35(22)18-6-4-5-16(13-18)27(37)39-2)25(36)20-14-17(30)8-12-23(20)41-28(31)32/h8,10-12,14-16,18,25,28,36H,4-7,9,13H2,1-3H3/t15-,16+,18+,25?/m0/s1. The molecule has 41 heavy (non-hydrogen) atoms. The molecule has 1 amide bonds. The van der Waals surface area contributed by atoms with Crippen LogP contribution in [0.25, 0.3) is 11.0 Å². The fourth-order valence-corrected chi connectivity index (χ4v) is 6.22. The van der Waals surface area contributed by atoms with Crippen molar-refractivity contribution < 1.29 is 42.1 Å². The highest BCUT2D eigenvalue weighted by atomic mass is 19.3. The normalized spacial score (nSPS) is 21.5. The number of amides is 1. The quantitative estimate of drug-likeness (QED) is 0.378. The molecule has 2 aliphatic rings. The number of alkyl halides is 2.